The molecule has 0 aliphatic carbocycles. The fraction of sp³-hybridized carbons (Fsp3) is 0.667. The Balaban J connectivity index is 0.00000110. The van der Waals surface area contributed by atoms with Gasteiger partial charge in [-0.2, -0.15) is 0 Å². The van der Waals surface area contributed by atoms with Crippen LogP contribution in [0, 0.1) is 0 Å². The van der Waals surface area contributed by atoms with Crippen molar-refractivity contribution in [2.75, 3.05) is 39.3 Å². The van der Waals surface area contributed by atoms with Gasteiger partial charge in [-0.25, -0.2) is 0 Å². The van der Waals surface area contributed by atoms with Gasteiger partial charge in [-0.05, 0) is 31.5 Å². The van der Waals surface area contributed by atoms with Gasteiger partial charge in [-0.3, -0.25) is 14.8 Å². The van der Waals surface area contributed by atoms with Crippen LogP contribution in [0.15, 0.2) is 24.5 Å². The molecule has 1 aromatic rings. The molecular weight excluding hydrogens is 307 g/mol. The third-order valence-corrected chi connectivity index (χ3v) is 4.61. The van der Waals surface area contributed by atoms with Gasteiger partial charge < -0.3 is 5.32 Å². The lowest BCUT2D eigenvalue weighted by Gasteiger charge is -2.40. The van der Waals surface area contributed by atoms with E-state index in [0.717, 1.165) is 6.04 Å². The van der Waals surface area contributed by atoms with Gasteiger partial charge >= 0.3 is 0 Å². The maximum absolute atomic E-state index is 4.23. The molecule has 2 aliphatic rings. The summed E-state index contributed by atoms with van der Waals surface area (Å²) in [5, 5.41) is 3.47. The number of pyridine rings is 1. The van der Waals surface area contributed by atoms with Gasteiger partial charge in [0.25, 0.3) is 0 Å². The van der Waals surface area contributed by atoms with Gasteiger partial charge in [0, 0.05) is 57.2 Å². The molecule has 1 N–H and O–H groups in total. The lowest BCUT2D eigenvalue weighted by molar-refractivity contribution is 0.0786. The summed E-state index contributed by atoms with van der Waals surface area (Å²) < 4.78 is 0. The van der Waals surface area contributed by atoms with E-state index in [-0.39, 0.29) is 24.8 Å². The third kappa shape index (κ3) is 4.54. The minimum absolute atomic E-state index is 0. The fourth-order valence-corrected chi connectivity index (χ4v) is 3.27. The molecular formula is C15H26Cl2N4. The molecule has 2 fully saturated rings. The van der Waals surface area contributed by atoms with E-state index >= 15 is 0 Å². The van der Waals surface area contributed by atoms with E-state index in [0.29, 0.717) is 6.04 Å². The standard InChI is InChI=1S/C15H24N4.2ClH/c1-13(14-3-2-5-16-11-14)18-7-9-19(10-8-18)15-4-6-17-12-15;;/h2-3,5,11,13,15,17H,4,6-10,12H2,1H3;2*1H. The second-order valence-electron chi connectivity index (χ2n) is 5.68. The number of halogens is 2. The third-order valence-electron chi connectivity index (χ3n) is 4.61. The number of nitrogens with one attached hydrogen (secondary N) is 1. The number of aromatic nitrogens is 1. The zero-order chi connectivity index (χ0) is 13.1. The SMILES string of the molecule is CC(c1cccnc1)N1CCN(C2CCNC2)CC1.Cl.Cl. The van der Waals surface area contributed by atoms with Crippen LogP contribution >= 0.6 is 24.8 Å². The van der Waals surface area contributed by atoms with E-state index in [1.165, 1.54) is 51.3 Å². The summed E-state index contributed by atoms with van der Waals surface area (Å²) in [6, 6.07) is 5.48. The van der Waals surface area contributed by atoms with Crippen molar-refractivity contribution in [3.63, 3.8) is 0 Å². The molecule has 6 heteroatoms. The first-order valence-electron chi connectivity index (χ1n) is 7.43. The lowest BCUT2D eigenvalue weighted by atomic mass is 10.1. The van der Waals surface area contributed by atoms with Gasteiger partial charge in [0.15, 0.2) is 0 Å². The highest BCUT2D eigenvalue weighted by Gasteiger charge is 2.27. The predicted octanol–water partition coefficient (Wildman–Crippen LogP) is 1.97. The molecule has 3 rings (SSSR count). The highest BCUT2D eigenvalue weighted by molar-refractivity contribution is 5.85. The molecule has 0 radical (unpaired) electrons. The molecule has 4 nitrogen and oxygen atoms in total. The zero-order valence-electron chi connectivity index (χ0n) is 12.6. The van der Waals surface area contributed by atoms with Crippen molar-refractivity contribution >= 4 is 24.8 Å². The number of rotatable bonds is 3. The van der Waals surface area contributed by atoms with Crippen LogP contribution in [0.3, 0.4) is 0 Å². The van der Waals surface area contributed by atoms with Crippen molar-refractivity contribution in [1.82, 2.24) is 20.1 Å². The van der Waals surface area contributed by atoms with Gasteiger partial charge in [-0.15, -0.1) is 24.8 Å². The van der Waals surface area contributed by atoms with Gasteiger partial charge in [0.2, 0.25) is 0 Å². The Bertz CT molecular complexity index is 390. The Labute approximate surface area is 140 Å². The average Bonchev–Trinajstić information content (AvgIpc) is 3.02. The molecule has 0 bridgehead atoms. The van der Waals surface area contributed by atoms with Gasteiger partial charge in [-0.1, -0.05) is 6.07 Å². The van der Waals surface area contributed by atoms with Crippen LogP contribution in [0.4, 0.5) is 0 Å². The summed E-state index contributed by atoms with van der Waals surface area (Å²) in [7, 11) is 0. The summed E-state index contributed by atoms with van der Waals surface area (Å²) in [6.07, 6.45) is 5.16. The van der Waals surface area contributed by atoms with Gasteiger partial charge in [0.1, 0.15) is 0 Å². The zero-order valence-corrected chi connectivity index (χ0v) is 14.2. The minimum atomic E-state index is 0. The first kappa shape index (κ1) is 18.7. The molecule has 2 aliphatic heterocycles. The molecule has 120 valence electrons. The summed E-state index contributed by atoms with van der Waals surface area (Å²) >= 11 is 0. The Morgan fingerprint density at radius 1 is 1.24 bits per heavy atom. The van der Waals surface area contributed by atoms with Crippen molar-refractivity contribution in [2.24, 2.45) is 0 Å². The Morgan fingerprint density at radius 2 is 2.00 bits per heavy atom. The Morgan fingerprint density at radius 3 is 2.57 bits per heavy atom. The van der Waals surface area contributed by atoms with E-state index in [9.17, 15) is 0 Å². The molecule has 1 aromatic heterocycles. The van der Waals surface area contributed by atoms with Crippen molar-refractivity contribution < 1.29 is 0 Å². The van der Waals surface area contributed by atoms with Gasteiger partial charge in [0.05, 0.1) is 0 Å². The van der Waals surface area contributed by atoms with Crippen molar-refractivity contribution in [2.45, 2.75) is 25.4 Å². The molecule has 0 saturated carbocycles. The molecule has 21 heavy (non-hydrogen) atoms. The summed E-state index contributed by atoms with van der Waals surface area (Å²) in [5.41, 5.74) is 1.33. The normalized spacial score (nSPS) is 24.9. The number of hydrogen-bond donors (Lipinski definition) is 1. The largest absolute Gasteiger partial charge is 0.315 e. The Hall–Kier alpha value is -0.390. The van der Waals surface area contributed by atoms with Crippen LogP contribution in [0.2, 0.25) is 0 Å². The maximum atomic E-state index is 4.23. The monoisotopic (exact) mass is 332 g/mol. The van der Waals surface area contributed by atoms with E-state index in [1.54, 1.807) is 0 Å². The smallest absolute Gasteiger partial charge is 0.0336 e. The van der Waals surface area contributed by atoms with E-state index < -0.39 is 0 Å². The molecule has 0 spiro atoms. The highest BCUT2D eigenvalue weighted by Crippen LogP contribution is 2.22. The summed E-state index contributed by atoms with van der Waals surface area (Å²) in [4.78, 5) is 9.47. The molecule has 2 atom stereocenters. The first-order chi connectivity index (χ1) is 9.34. The quantitative estimate of drug-likeness (QED) is 0.916. The van der Waals surface area contributed by atoms with E-state index in [4.69, 9.17) is 0 Å². The molecule has 0 amide bonds. The summed E-state index contributed by atoms with van der Waals surface area (Å²) in [5.74, 6) is 0. The van der Waals surface area contributed by atoms with Crippen molar-refractivity contribution in [1.29, 1.82) is 0 Å². The highest BCUT2D eigenvalue weighted by atomic mass is 35.5. The van der Waals surface area contributed by atoms with Crippen LogP contribution in [-0.4, -0.2) is 60.1 Å². The number of nitrogens with zero attached hydrogens (tertiary/aromatic N) is 3. The van der Waals surface area contributed by atoms with Crippen molar-refractivity contribution in [3.8, 4) is 0 Å². The summed E-state index contributed by atoms with van der Waals surface area (Å²) in [6.45, 7) is 9.42. The first-order valence-corrected chi connectivity index (χ1v) is 7.43. The number of piperazine rings is 1. The van der Waals surface area contributed by atoms with E-state index in [1.807, 2.05) is 18.5 Å². The van der Waals surface area contributed by atoms with Crippen LogP contribution < -0.4 is 5.32 Å². The van der Waals surface area contributed by atoms with Crippen LogP contribution in [0.1, 0.15) is 24.9 Å². The van der Waals surface area contributed by atoms with E-state index in [2.05, 4.69) is 33.1 Å². The molecule has 2 unspecified atom stereocenters. The van der Waals surface area contributed by atoms with Crippen LogP contribution in [0.5, 0.6) is 0 Å². The second-order valence-corrected chi connectivity index (χ2v) is 5.68. The van der Waals surface area contributed by atoms with Crippen LogP contribution in [-0.2, 0) is 0 Å². The second kappa shape index (κ2) is 8.91. The fourth-order valence-electron chi connectivity index (χ4n) is 3.27. The number of hydrogen-bond acceptors (Lipinski definition) is 4. The molecule has 0 aromatic carbocycles. The Kier molecular flexibility index (Phi) is 7.92. The lowest BCUT2D eigenvalue weighted by Crippen LogP contribution is -2.51. The van der Waals surface area contributed by atoms with Crippen molar-refractivity contribution in [3.05, 3.63) is 30.1 Å². The molecule has 2 saturated heterocycles. The predicted molar refractivity (Wildman–Crippen MR) is 91.6 cm³/mol. The molecule has 3 heterocycles. The average molecular weight is 333 g/mol. The van der Waals surface area contributed by atoms with Crippen LogP contribution in [0.25, 0.3) is 0 Å². The minimum Gasteiger partial charge on any atom is -0.315 e. The maximum Gasteiger partial charge on any atom is 0.0336 e. The topological polar surface area (TPSA) is 31.4 Å².